The number of piperidine rings is 1. The molecule has 0 spiro atoms. The lowest BCUT2D eigenvalue weighted by Gasteiger charge is -2.36. The molecule has 1 N–H and O–H groups in total. The van der Waals surface area contributed by atoms with Crippen molar-refractivity contribution in [1.29, 1.82) is 0 Å². The quantitative estimate of drug-likeness (QED) is 0.240. The molecule has 41 heavy (non-hydrogen) atoms. The summed E-state index contributed by atoms with van der Waals surface area (Å²) in [4.78, 5) is 32.3. The number of anilines is 1. The van der Waals surface area contributed by atoms with Crippen molar-refractivity contribution in [1.82, 2.24) is 9.62 Å². The van der Waals surface area contributed by atoms with Gasteiger partial charge in [-0.05, 0) is 86.2 Å². The van der Waals surface area contributed by atoms with Gasteiger partial charge in [-0.15, -0.1) is 11.3 Å². The highest BCUT2D eigenvalue weighted by Crippen LogP contribution is 2.34. The minimum absolute atomic E-state index is 0.0328. The second-order valence-electron chi connectivity index (χ2n) is 11.9. The number of rotatable bonds is 11. The highest BCUT2D eigenvalue weighted by atomic mass is 32.2. The van der Waals surface area contributed by atoms with Crippen LogP contribution in [0.4, 0.5) is 5.69 Å². The zero-order chi connectivity index (χ0) is 29.0. The molecule has 2 fully saturated rings. The zero-order valence-electron chi connectivity index (χ0n) is 24.5. The maximum atomic E-state index is 13.9. The van der Waals surface area contributed by atoms with E-state index in [1.807, 2.05) is 32.0 Å². The van der Waals surface area contributed by atoms with Crippen LogP contribution in [0, 0.1) is 5.92 Å². The molecule has 1 atom stereocenters. The van der Waals surface area contributed by atoms with Crippen LogP contribution in [0.25, 0.3) is 10.4 Å². The highest BCUT2D eigenvalue weighted by Gasteiger charge is 2.37. The minimum Gasteiger partial charge on any atom is -0.478 e. The SMILES string of the molecule is CC(C)SNC(=O)C(C)(C)Oc1cccc(N2CCCC(C(=O)N(Cc3ccc(-c4cccs4)cc3)C3CC3)C2)c1. The molecule has 218 valence electrons. The van der Waals surface area contributed by atoms with Crippen molar-refractivity contribution in [3.63, 3.8) is 0 Å². The number of nitrogens with one attached hydrogen (secondary N) is 1. The molecular formula is C33H41N3O3S2. The third-order valence-electron chi connectivity index (χ3n) is 7.64. The van der Waals surface area contributed by atoms with Crippen molar-refractivity contribution in [2.75, 3.05) is 18.0 Å². The van der Waals surface area contributed by atoms with E-state index in [0.29, 0.717) is 30.1 Å². The van der Waals surface area contributed by atoms with Gasteiger partial charge in [-0.2, -0.15) is 0 Å². The zero-order valence-corrected chi connectivity index (χ0v) is 26.1. The number of amides is 2. The molecule has 2 heterocycles. The Balaban J connectivity index is 1.23. The van der Waals surface area contributed by atoms with Crippen LogP contribution in [0.3, 0.4) is 0 Å². The number of carbonyl (C=O) groups excluding carboxylic acids is 2. The van der Waals surface area contributed by atoms with E-state index in [1.165, 1.54) is 28.0 Å². The molecule has 1 aromatic heterocycles. The highest BCUT2D eigenvalue weighted by molar-refractivity contribution is 7.98. The average Bonchev–Trinajstić information content (AvgIpc) is 3.66. The summed E-state index contributed by atoms with van der Waals surface area (Å²) in [5, 5.41) is 2.39. The van der Waals surface area contributed by atoms with E-state index in [0.717, 1.165) is 37.9 Å². The van der Waals surface area contributed by atoms with Gasteiger partial charge in [0.1, 0.15) is 5.75 Å². The maximum Gasteiger partial charge on any atom is 0.273 e. The molecule has 1 aliphatic carbocycles. The Morgan fingerprint density at radius 1 is 1.10 bits per heavy atom. The maximum absolute atomic E-state index is 13.9. The van der Waals surface area contributed by atoms with Gasteiger partial charge in [0.25, 0.3) is 5.91 Å². The Labute approximate surface area is 252 Å². The van der Waals surface area contributed by atoms with Crippen molar-refractivity contribution in [2.45, 2.75) is 76.8 Å². The van der Waals surface area contributed by atoms with Crippen molar-refractivity contribution in [2.24, 2.45) is 5.92 Å². The third-order valence-corrected chi connectivity index (χ3v) is 9.34. The molecular weight excluding hydrogens is 551 g/mol. The average molecular weight is 592 g/mol. The fourth-order valence-electron chi connectivity index (χ4n) is 5.21. The molecule has 3 aromatic rings. The summed E-state index contributed by atoms with van der Waals surface area (Å²) >= 11 is 3.14. The first kappa shape index (κ1) is 29.5. The monoisotopic (exact) mass is 591 g/mol. The lowest BCUT2D eigenvalue weighted by Crippen LogP contribution is -2.45. The summed E-state index contributed by atoms with van der Waals surface area (Å²) in [6.45, 7) is 9.90. The van der Waals surface area contributed by atoms with Crippen LogP contribution in [0.1, 0.15) is 58.9 Å². The molecule has 1 unspecified atom stereocenters. The molecule has 8 heteroatoms. The lowest BCUT2D eigenvalue weighted by molar-refractivity contribution is -0.137. The summed E-state index contributed by atoms with van der Waals surface area (Å²) in [6, 6.07) is 21.1. The second-order valence-corrected chi connectivity index (χ2v) is 14.2. The molecule has 6 nitrogen and oxygen atoms in total. The number of hydrogen-bond donors (Lipinski definition) is 1. The van der Waals surface area contributed by atoms with Gasteiger partial charge in [-0.25, -0.2) is 0 Å². The molecule has 1 saturated heterocycles. The summed E-state index contributed by atoms with van der Waals surface area (Å²) in [7, 11) is 0. The van der Waals surface area contributed by atoms with E-state index in [4.69, 9.17) is 4.74 Å². The molecule has 0 radical (unpaired) electrons. The fraction of sp³-hybridized carbons (Fsp3) is 0.455. The predicted octanol–water partition coefficient (Wildman–Crippen LogP) is 7.15. The molecule has 5 rings (SSSR count). The summed E-state index contributed by atoms with van der Waals surface area (Å²) in [5.74, 6) is 0.727. The van der Waals surface area contributed by atoms with E-state index in [1.54, 1.807) is 25.2 Å². The van der Waals surface area contributed by atoms with Gasteiger partial charge >= 0.3 is 0 Å². The van der Waals surface area contributed by atoms with Gasteiger partial charge in [0.15, 0.2) is 5.60 Å². The standard InChI is InChI=1S/C33H41N3O3S2/c1-23(2)41-34-32(38)33(3,4)39-29-10-5-9-28(20-29)35-18-6-8-26(22-35)31(37)36(27-16-17-27)21-24-12-14-25(15-13-24)30-11-7-19-40-30/h5,7,9-15,19-20,23,26-27H,6,8,16-18,21-22H2,1-4H3,(H,34,38). The number of nitrogens with zero attached hydrogens (tertiary/aromatic N) is 2. The van der Waals surface area contributed by atoms with Gasteiger partial charge in [-0.1, -0.05) is 50.2 Å². The molecule has 1 saturated carbocycles. The Kier molecular flexibility index (Phi) is 9.29. The van der Waals surface area contributed by atoms with Crippen molar-refractivity contribution in [3.8, 4) is 16.2 Å². The molecule has 2 aromatic carbocycles. The van der Waals surface area contributed by atoms with E-state index < -0.39 is 5.60 Å². The van der Waals surface area contributed by atoms with Gasteiger partial charge in [0, 0.05) is 47.6 Å². The van der Waals surface area contributed by atoms with Gasteiger partial charge in [0.05, 0.1) is 5.92 Å². The second kappa shape index (κ2) is 12.9. The Hall–Kier alpha value is -2.97. The number of hydrogen-bond acceptors (Lipinski definition) is 6. The molecule has 2 amide bonds. The molecule has 0 bridgehead atoms. The Bertz CT molecular complexity index is 1320. The minimum atomic E-state index is -1.01. The van der Waals surface area contributed by atoms with E-state index in [9.17, 15) is 9.59 Å². The van der Waals surface area contributed by atoms with Crippen LogP contribution in [-0.4, -0.2) is 46.7 Å². The smallest absolute Gasteiger partial charge is 0.273 e. The van der Waals surface area contributed by atoms with Gasteiger partial charge < -0.3 is 14.5 Å². The molecule has 1 aliphatic heterocycles. The van der Waals surface area contributed by atoms with Crippen LogP contribution in [0.5, 0.6) is 5.75 Å². The number of carbonyl (C=O) groups is 2. The number of ether oxygens (including phenoxy) is 1. The fourth-order valence-corrected chi connectivity index (χ4v) is 6.54. The first-order valence-electron chi connectivity index (χ1n) is 14.6. The van der Waals surface area contributed by atoms with Gasteiger partial charge in [-0.3, -0.25) is 14.3 Å². The van der Waals surface area contributed by atoms with E-state index >= 15 is 0 Å². The van der Waals surface area contributed by atoms with Crippen LogP contribution >= 0.6 is 23.3 Å². The largest absolute Gasteiger partial charge is 0.478 e. The normalized spacial score (nSPS) is 17.4. The predicted molar refractivity (Wildman–Crippen MR) is 170 cm³/mol. The topological polar surface area (TPSA) is 61.9 Å². The third kappa shape index (κ3) is 7.66. The van der Waals surface area contributed by atoms with Crippen LogP contribution in [0.2, 0.25) is 0 Å². The number of benzene rings is 2. The number of thiophene rings is 1. The van der Waals surface area contributed by atoms with Crippen LogP contribution in [-0.2, 0) is 16.1 Å². The summed E-state index contributed by atoms with van der Waals surface area (Å²) in [5.41, 5.74) is 2.42. The van der Waals surface area contributed by atoms with Crippen molar-refractivity contribution >= 4 is 40.8 Å². The molecule has 2 aliphatic rings. The summed E-state index contributed by atoms with van der Waals surface area (Å²) < 4.78 is 9.04. The first-order chi connectivity index (χ1) is 19.7. The van der Waals surface area contributed by atoms with Crippen LogP contribution in [0.15, 0.2) is 66.0 Å². The van der Waals surface area contributed by atoms with Crippen molar-refractivity contribution in [3.05, 3.63) is 71.6 Å². The Morgan fingerprint density at radius 3 is 2.56 bits per heavy atom. The first-order valence-corrected chi connectivity index (χ1v) is 16.4. The van der Waals surface area contributed by atoms with Gasteiger partial charge in [0.2, 0.25) is 5.91 Å². The van der Waals surface area contributed by atoms with Crippen LogP contribution < -0.4 is 14.4 Å². The summed E-state index contributed by atoms with van der Waals surface area (Å²) in [6.07, 6.45) is 4.06. The van der Waals surface area contributed by atoms with E-state index in [2.05, 4.69) is 62.4 Å². The van der Waals surface area contributed by atoms with Crippen molar-refractivity contribution < 1.29 is 14.3 Å². The van der Waals surface area contributed by atoms with E-state index in [-0.39, 0.29) is 17.7 Å². The lowest BCUT2D eigenvalue weighted by atomic mass is 9.95. The Morgan fingerprint density at radius 2 is 1.88 bits per heavy atom.